The van der Waals surface area contributed by atoms with Gasteiger partial charge in [0.05, 0.1) is 66.2 Å². The van der Waals surface area contributed by atoms with Crippen molar-refractivity contribution in [1.82, 2.24) is 20.4 Å². The fourth-order valence-corrected chi connectivity index (χ4v) is 3.48. The second-order valence-corrected chi connectivity index (χ2v) is 8.53. The Bertz CT molecular complexity index is 1290. The smallest absolute Gasteiger partial charge is 0.253 e. The summed E-state index contributed by atoms with van der Waals surface area (Å²) in [5.41, 5.74) is 1.38. The van der Waals surface area contributed by atoms with E-state index in [1.54, 1.807) is 25.3 Å². The van der Waals surface area contributed by atoms with E-state index in [1.165, 1.54) is 19.4 Å². The number of hydrogen-bond acceptors (Lipinski definition) is 9. The number of rotatable bonds is 11. The topological polar surface area (TPSA) is 140 Å². The maximum Gasteiger partial charge on any atom is 0.253 e. The van der Waals surface area contributed by atoms with Crippen LogP contribution in [0.25, 0.3) is 11.4 Å². The predicted molar refractivity (Wildman–Crippen MR) is 138 cm³/mol. The highest BCUT2D eigenvalue weighted by molar-refractivity contribution is 6.60. The molecule has 14 heteroatoms. The molecule has 1 aliphatic rings. The zero-order chi connectivity index (χ0) is 26.6. The van der Waals surface area contributed by atoms with Gasteiger partial charge in [0.1, 0.15) is 5.82 Å². The van der Waals surface area contributed by atoms with Crippen molar-refractivity contribution < 1.29 is 23.6 Å². The number of benzene rings is 1. The highest BCUT2D eigenvalue weighted by Crippen LogP contribution is 2.38. The van der Waals surface area contributed by atoms with Crippen LogP contribution >= 0.6 is 0 Å². The molecule has 2 aromatic heterocycles. The van der Waals surface area contributed by atoms with Gasteiger partial charge in [-0.1, -0.05) is 16.5 Å². The first-order valence-electron chi connectivity index (χ1n) is 11.4. The third kappa shape index (κ3) is 6.70. The van der Waals surface area contributed by atoms with E-state index in [2.05, 4.69) is 31.1 Å². The third-order valence-electron chi connectivity index (χ3n) is 5.40. The molecule has 1 aliphatic carbocycles. The fourth-order valence-electron chi connectivity index (χ4n) is 3.48. The van der Waals surface area contributed by atoms with Crippen molar-refractivity contribution in [3.8, 4) is 17.1 Å². The van der Waals surface area contributed by atoms with Gasteiger partial charge >= 0.3 is 0 Å². The van der Waals surface area contributed by atoms with E-state index < -0.39 is 11.1 Å². The zero-order valence-corrected chi connectivity index (χ0v) is 20.4. The van der Waals surface area contributed by atoms with E-state index >= 15 is 0 Å². The Kier molecular flexibility index (Phi) is 7.87. The van der Waals surface area contributed by atoms with E-state index in [0.717, 1.165) is 12.8 Å². The molecule has 1 aromatic carbocycles. The monoisotopic (exact) mass is 496 g/mol. The molecular weight excluding hydrogens is 473 g/mol. The van der Waals surface area contributed by atoms with Gasteiger partial charge in [0.15, 0.2) is 5.75 Å². The summed E-state index contributed by atoms with van der Waals surface area (Å²) in [4.78, 5) is 33.7. The standard InChI is InChI=1S/C23H23B3N6O5/c1-35-9-8-18-30-20(32-37-18)13-4-3-5-15(19(13)36-2)28-16-10-17(29-21(33)12-6-7-12)27-11-14(16)22(34)31-23(24,25)26/h3-5,10-12H,6-9H2,1-2H3,(H,31,34)(H2,27,28,29,33). The zero-order valence-electron chi connectivity index (χ0n) is 20.4. The quantitative estimate of drug-likeness (QED) is 0.335. The number of methoxy groups -OCH3 is 2. The molecule has 0 atom stereocenters. The minimum Gasteiger partial charge on any atom is -0.494 e. The minimum atomic E-state index is -1.95. The van der Waals surface area contributed by atoms with Crippen LogP contribution in [0.4, 0.5) is 17.2 Å². The molecular formula is C23H23B3N6O5. The lowest BCUT2D eigenvalue weighted by Crippen LogP contribution is -2.50. The van der Waals surface area contributed by atoms with Crippen LogP contribution in [0.1, 0.15) is 29.1 Å². The summed E-state index contributed by atoms with van der Waals surface area (Å²) >= 11 is 0. The van der Waals surface area contributed by atoms with Crippen LogP contribution in [-0.4, -0.2) is 76.5 Å². The van der Waals surface area contributed by atoms with E-state index in [9.17, 15) is 9.59 Å². The lowest BCUT2D eigenvalue weighted by molar-refractivity contribution is -0.117. The van der Waals surface area contributed by atoms with Gasteiger partial charge in [-0.15, -0.1) is 0 Å². The van der Waals surface area contributed by atoms with Gasteiger partial charge in [0.25, 0.3) is 5.91 Å². The SMILES string of the molecule is [B]C([B])([B])NC(=O)c1cnc(NC(=O)C2CC2)cc1Nc1cccc(-c2noc(CCOC)n2)c1OC. The van der Waals surface area contributed by atoms with Crippen molar-refractivity contribution in [2.24, 2.45) is 5.92 Å². The normalized spacial score (nSPS) is 13.1. The average Bonchev–Trinajstić information content (AvgIpc) is 3.60. The van der Waals surface area contributed by atoms with Gasteiger partial charge in [-0.3, -0.25) is 9.59 Å². The molecule has 1 fully saturated rings. The predicted octanol–water partition coefficient (Wildman–Crippen LogP) is 1.27. The summed E-state index contributed by atoms with van der Waals surface area (Å²) in [5.74, 6) is 0.519. The lowest BCUT2D eigenvalue weighted by Gasteiger charge is -2.23. The lowest BCUT2D eigenvalue weighted by atomic mass is 9.49. The second-order valence-electron chi connectivity index (χ2n) is 8.53. The molecule has 0 spiro atoms. The number of ether oxygens (including phenoxy) is 2. The Labute approximate surface area is 217 Å². The Morgan fingerprint density at radius 2 is 1.97 bits per heavy atom. The summed E-state index contributed by atoms with van der Waals surface area (Å²) in [6.07, 6.45) is 3.40. The van der Waals surface area contributed by atoms with Crippen LogP contribution < -0.4 is 20.7 Å². The van der Waals surface area contributed by atoms with Gasteiger partial charge in [0, 0.05) is 25.3 Å². The van der Waals surface area contributed by atoms with Crippen LogP contribution in [0.3, 0.4) is 0 Å². The number of para-hydroxylation sites is 1. The van der Waals surface area contributed by atoms with E-state index in [0.29, 0.717) is 41.7 Å². The van der Waals surface area contributed by atoms with E-state index in [-0.39, 0.29) is 28.9 Å². The molecule has 11 nitrogen and oxygen atoms in total. The summed E-state index contributed by atoms with van der Waals surface area (Å²) in [5, 5.41) is 10.3. The van der Waals surface area contributed by atoms with Crippen molar-refractivity contribution in [1.29, 1.82) is 0 Å². The van der Waals surface area contributed by atoms with Gasteiger partial charge in [0.2, 0.25) is 17.6 Å². The molecule has 184 valence electrons. The largest absolute Gasteiger partial charge is 0.494 e. The number of carbonyl (C=O) groups excluding carboxylic acids is 2. The van der Waals surface area contributed by atoms with E-state index in [4.69, 9.17) is 37.5 Å². The number of hydrogen-bond donors (Lipinski definition) is 3. The fraction of sp³-hybridized carbons (Fsp3) is 0.348. The molecule has 37 heavy (non-hydrogen) atoms. The average molecular weight is 496 g/mol. The van der Waals surface area contributed by atoms with Crippen LogP contribution in [0.5, 0.6) is 5.75 Å². The first-order chi connectivity index (χ1) is 17.7. The number of anilines is 3. The maximum atomic E-state index is 12.9. The van der Waals surface area contributed by atoms with Crippen LogP contribution in [0, 0.1) is 5.92 Å². The van der Waals surface area contributed by atoms with Crippen molar-refractivity contribution in [3.05, 3.63) is 41.9 Å². The number of amides is 2. The maximum absolute atomic E-state index is 12.9. The summed E-state index contributed by atoms with van der Waals surface area (Å²) in [6.45, 7) is 0.433. The Hall–Kier alpha value is -3.80. The Morgan fingerprint density at radius 3 is 2.65 bits per heavy atom. The van der Waals surface area contributed by atoms with Crippen LogP contribution in [0.2, 0.25) is 0 Å². The minimum absolute atomic E-state index is 0.0333. The van der Waals surface area contributed by atoms with E-state index in [1.807, 2.05) is 0 Å². The Balaban J connectivity index is 1.69. The molecule has 3 N–H and O–H groups in total. The summed E-state index contributed by atoms with van der Waals surface area (Å²) < 4.78 is 16.0. The molecule has 0 bridgehead atoms. The molecule has 2 amide bonds. The molecule has 0 saturated heterocycles. The number of carbonyl (C=O) groups is 2. The van der Waals surface area contributed by atoms with Crippen LogP contribution in [0.15, 0.2) is 35.0 Å². The van der Waals surface area contributed by atoms with Crippen molar-refractivity contribution >= 4 is 52.5 Å². The van der Waals surface area contributed by atoms with Gasteiger partial charge < -0.3 is 29.9 Å². The van der Waals surface area contributed by atoms with Crippen molar-refractivity contribution in [2.75, 3.05) is 31.5 Å². The second kappa shape index (κ2) is 11.1. The third-order valence-corrected chi connectivity index (χ3v) is 5.40. The number of nitrogens with zero attached hydrogens (tertiary/aromatic N) is 3. The summed E-state index contributed by atoms with van der Waals surface area (Å²) in [7, 11) is 19.7. The molecule has 2 heterocycles. The molecule has 0 unspecified atom stereocenters. The molecule has 4 rings (SSSR count). The molecule has 1 saturated carbocycles. The van der Waals surface area contributed by atoms with Gasteiger partial charge in [-0.2, -0.15) is 4.98 Å². The van der Waals surface area contributed by atoms with Gasteiger partial charge in [-0.05, 0) is 25.0 Å². The van der Waals surface area contributed by atoms with Crippen molar-refractivity contribution in [2.45, 2.75) is 24.5 Å². The summed E-state index contributed by atoms with van der Waals surface area (Å²) in [6, 6.07) is 6.77. The molecule has 0 aliphatic heterocycles. The number of pyridine rings is 1. The van der Waals surface area contributed by atoms with Gasteiger partial charge in [-0.25, -0.2) is 4.98 Å². The number of aromatic nitrogens is 3. The molecule has 6 radical (unpaired) electrons. The molecule has 3 aromatic rings. The Morgan fingerprint density at radius 1 is 1.19 bits per heavy atom. The first kappa shape index (κ1) is 26.3. The van der Waals surface area contributed by atoms with Crippen molar-refractivity contribution in [3.63, 3.8) is 0 Å². The highest BCUT2D eigenvalue weighted by Gasteiger charge is 2.30. The highest BCUT2D eigenvalue weighted by atomic mass is 16.5. The van der Waals surface area contributed by atoms with Crippen LogP contribution in [-0.2, 0) is 16.0 Å². The first-order valence-corrected chi connectivity index (χ1v) is 11.4. The number of nitrogens with one attached hydrogen (secondary N) is 3.